The van der Waals surface area contributed by atoms with Crippen LogP contribution in [0, 0.1) is 12.3 Å². The molecule has 0 saturated heterocycles. The van der Waals surface area contributed by atoms with Gasteiger partial charge in [-0.05, 0) is 24.7 Å². The first-order chi connectivity index (χ1) is 5.12. The molecular weight excluding hydrogens is 132 g/mol. The Morgan fingerprint density at radius 1 is 1.27 bits per heavy atom. The van der Waals surface area contributed by atoms with E-state index in [4.69, 9.17) is 0 Å². The summed E-state index contributed by atoms with van der Waals surface area (Å²) in [4.78, 5) is 0. The Balaban J connectivity index is 3.62. The lowest BCUT2D eigenvalue weighted by atomic mass is 9.84. The second-order valence-electron chi connectivity index (χ2n) is 3.85. The minimum Gasteiger partial charge on any atom is -0.0888 e. The molecule has 0 spiro atoms. The van der Waals surface area contributed by atoms with Crippen molar-refractivity contribution in [2.24, 2.45) is 5.41 Å². The predicted molar refractivity (Wildman–Crippen MR) is 52.4 cm³/mol. The van der Waals surface area contributed by atoms with Crippen molar-refractivity contribution in [1.82, 2.24) is 0 Å². The maximum absolute atomic E-state index is 3.88. The Morgan fingerprint density at radius 2 is 1.91 bits per heavy atom. The molecule has 0 heteroatoms. The summed E-state index contributed by atoms with van der Waals surface area (Å²) in [5.74, 6) is 0. The summed E-state index contributed by atoms with van der Waals surface area (Å²) in [5.41, 5.74) is 0.452. The number of rotatable bonds is 5. The minimum atomic E-state index is 0.452. The van der Waals surface area contributed by atoms with Crippen LogP contribution in [0.4, 0.5) is 0 Å². The SMILES string of the molecule is [CH2]CCC(C)(C)CC=CCC. The van der Waals surface area contributed by atoms with Gasteiger partial charge in [0.15, 0.2) is 0 Å². The maximum Gasteiger partial charge on any atom is -0.0299 e. The first-order valence-electron chi connectivity index (χ1n) is 4.56. The van der Waals surface area contributed by atoms with E-state index in [1.807, 2.05) is 0 Å². The van der Waals surface area contributed by atoms with Gasteiger partial charge in [-0.15, -0.1) is 0 Å². The molecule has 0 nitrogen and oxygen atoms in total. The Morgan fingerprint density at radius 3 is 2.36 bits per heavy atom. The molecule has 1 radical (unpaired) electrons. The van der Waals surface area contributed by atoms with Crippen LogP contribution in [0.1, 0.15) is 46.5 Å². The van der Waals surface area contributed by atoms with Crippen LogP contribution in [-0.4, -0.2) is 0 Å². The van der Waals surface area contributed by atoms with Gasteiger partial charge in [0.1, 0.15) is 0 Å². The molecule has 0 bridgehead atoms. The molecule has 0 aliphatic rings. The zero-order valence-electron chi connectivity index (χ0n) is 8.19. The van der Waals surface area contributed by atoms with Crippen LogP contribution >= 0.6 is 0 Å². The summed E-state index contributed by atoms with van der Waals surface area (Å²) in [7, 11) is 0. The smallest absolute Gasteiger partial charge is 0.0299 e. The van der Waals surface area contributed by atoms with Crippen molar-refractivity contribution in [3.8, 4) is 0 Å². The highest BCUT2D eigenvalue weighted by Gasteiger charge is 2.13. The average Bonchev–Trinajstić information content (AvgIpc) is 1.87. The monoisotopic (exact) mass is 153 g/mol. The highest BCUT2D eigenvalue weighted by atomic mass is 14.2. The van der Waals surface area contributed by atoms with Crippen molar-refractivity contribution >= 4 is 0 Å². The third-order valence-corrected chi connectivity index (χ3v) is 1.93. The first kappa shape index (κ1) is 10.7. The van der Waals surface area contributed by atoms with Crippen molar-refractivity contribution in [2.75, 3.05) is 0 Å². The fourth-order valence-electron chi connectivity index (χ4n) is 1.15. The molecule has 0 saturated carbocycles. The molecule has 0 aromatic heterocycles. The fraction of sp³-hybridized carbons (Fsp3) is 0.727. The molecule has 0 atom stereocenters. The molecule has 0 heterocycles. The summed E-state index contributed by atoms with van der Waals surface area (Å²) < 4.78 is 0. The van der Waals surface area contributed by atoms with Gasteiger partial charge < -0.3 is 0 Å². The zero-order chi connectivity index (χ0) is 8.74. The maximum atomic E-state index is 3.88. The van der Waals surface area contributed by atoms with Crippen LogP contribution in [-0.2, 0) is 0 Å². The summed E-state index contributed by atoms with van der Waals surface area (Å²) >= 11 is 0. The lowest BCUT2D eigenvalue weighted by Crippen LogP contribution is -2.08. The summed E-state index contributed by atoms with van der Waals surface area (Å²) in [6, 6.07) is 0. The Kier molecular flexibility index (Phi) is 5.27. The normalized spacial score (nSPS) is 12.7. The van der Waals surface area contributed by atoms with Gasteiger partial charge in [-0.2, -0.15) is 0 Å². The van der Waals surface area contributed by atoms with Crippen molar-refractivity contribution in [1.29, 1.82) is 0 Å². The Labute approximate surface area is 71.7 Å². The molecule has 0 fully saturated rings. The van der Waals surface area contributed by atoms with Crippen LogP contribution in [0.15, 0.2) is 12.2 Å². The van der Waals surface area contributed by atoms with Gasteiger partial charge in [-0.1, -0.05) is 46.3 Å². The van der Waals surface area contributed by atoms with E-state index in [9.17, 15) is 0 Å². The average molecular weight is 153 g/mol. The highest BCUT2D eigenvalue weighted by Crippen LogP contribution is 2.26. The van der Waals surface area contributed by atoms with Gasteiger partial charge in [-0.25, -0.2) is 0 Å². The van der Waals surface area contributed by atoms with Gasteiger partial charge in [0, 0.05) is 0 Å². The molecule has 0 aliphatic carbocycles. The quantitative estimate of drug-likeness (QED) is 0.524. The van der Waals surface area contributed by atoms with Crippen LogP contribution in [0.5, 0.6) is 0 Å². The summed E-state index contributed by atoms with van der Waals surface area (Å²) in [6.07, 6.45) is 9.14. The molecule has 0 unspecified atom stereocenters. The van der Waals surface area contributed by atoms with E-state index in [1.165, 1.54) is 12.8 Å². The van der Waals surface area contributed by atoms with Gasteiger partial charge in [0.2, 0.25) is 0 Å². The van der Waals surface area contributed by atoms with Crippen LogP contribution in [0.25, 0.3) is 0 Å². The van der Waals surface area contributed by atoms with E-state index < -0.39 is 0 Å². The van der Waals surface area contributed by atoms with Crippen molar-refractivity contribution < 1.29 is 0 Å². The predicted octanol–water partition coefficient (Wildman–Crippen LogP) is 3.98. The minimum absolute atomic E-state index is 0.452. The van der Waals surface area contributed by atoms with Gasteiger partial charge >= 0.3 is 0 Å². The third-order valence-electron chi connectivity index (χ3n) is 1.93. The van der Waals surface area contributed by atoms with Crippen molar-refractivity contribution in [3.63, 3.8) is 0 Å². The van der Waals surface area contributed by atoms with Gasteiger partial charge in [-0.3, -0.25) is 0 Å². The summed E-state index contributed by atoms with van der Waals surface area (Å²) in [5, 5.41) is 0. The third kappa shape index (κ3) is 6.15. The van der Waals surface area contributed by atoms with Gasteiger partial charge in [0.05, 0.1) is 0 Å². The lowest BCUT2D eigenvalue weighted by Gasteiger charge is -2.21. The zero-order valence-corrected chi connectivity index (χ0v) is 8.19. The molecule has 65 valence electrons. The van der Waals surface area contributed by atoms with Crippen LogP contribution in [0.3, 0.4) is 0 Å². The number of allylic oxidation sites excluding steroid dienone is 2. The van der Waals surface area contributed by atoms with Crippen molar-refractivity contribution in [3.05, 3.63) is 19.1 Å². The lowest BCUT2D eigenvalue weighted by molar-refractivity contribution is 0.342. The Hall–Kier alpha value is -0.260. The molecular formula is C11H21. The summed E-state index contributed by atoms with van der Waals surface area (Å²) in [6.45, 7) is 10.7. The molecule has 0 rings (SSSR count). The molecule has 11 heavy (non-hydrogen) atoms. The number of hydrogen-bond acceptors (Lipinski definition) is 0. The van der Waals surface area contributed by atoms with E-state index in [0.717, 1.165) is 12.8 Å². The second-order valence-corrected chi connectivity index (χ2v) is 3.85. The molecule has 0 aromatic carbocycles. The highest BCUT2D eigenvalue weighted by molar-refractivity contribution is 4.86. The van der Waals surface area contributed by atoms with E-state index in [2.05, 4.69) is 39.8 Å². The van der Waals surface area contributed by atoms with Crippen LogP contribution in [0.2, 0.25) is 0 Å². The van der Waals surface area contributed by atoms with E-state index in [0.29, 0.717) is 5.41 Å². The fourth-order valence-corrected chi connectivity index (χ4v) is 1.15. The number of hydrogen-bond donors (Lipinski definition) is 0. The molecule has 0 amide bonds. The Bertz CT molecular complexity index is 109. The van der Waals surface area contributed by atoms with E-state index in [-0.39, 0.29) is 0 Å². The topological polar surface area (TPSA) is 0 Å². The largest absolute Gasteiger partial charge is 0.0888 e. The van der Waals surface area contributed by atoms with Crippen LogP contribution < -0.4 is 0 Å². The molecule has 0 N–H and O–H groups in total. The van der Waals surface area contributed by atoms with Crippen molar-refractivity contribution in [2.45, 2.75) is 46.5 Å². The first-order valence-corrected chi connectivity index (χ1v) is 4.56. The molecule has 0 aliphatic heterocycles. The standard InChI is InChI=1S/C11H21/c1-5-7-8-10-11(3,4)9-6-2/h7-8H,2,5-6,9-10H2,1,3-4H3. The second kappa shape index (κ2) is 5.40. The van der Waals surface area contributed by atoms with Gasteiger partial charge in [0.25, 0.3) is 0 Å². The van der Waals surface area contributed by atoms with E-state index >= 15 is 0 Å². The van der Waals surface area contributed by atoms with E-state index in [1.54, 1.807) is 0 Å². The molecule has 0 aromatic rings.